The number of aromatic nitrogens is 1. The number of rotatable bonds is 10. The molecule has 1 heterocycles. The minimum absolute atomic E-state index is 0.342. The fourth-order valence-corrected chi connectivity index (χ4v) is 3.65. The lowest BCUT2D eigenvalue weighted by Crippen LogP contribution is -2.18. The van der Waals surface area contributed by atoms with Crippen LogP contribution in [-0.2, 0) is 0 Å². The number of anilines is 1. The molecule has 2 aromatic carbocycles. The van der Waals surface area contributed by atoms with E-state index in [0.29, 0.717) is 28.6 Å². The summed E-state index contributed by atoms with van der Waals surface area (Å²) in [5.74, 6) is -0.247. The molecule has 156 valence electrons. The lowest BCUT2D eigenvalue weighted by Gasteiger charge is -2.09. The standard InChI is InChI=1S/C22H24N4O3S/c1-2-3-4-7-12-29-19-9-6-5-8-16(19)18(27)14-24-26-21(28)15-10-11-17-20(13-15)30-22(23)25-17/h5-6,8-11,13-14H,2-4,7,12H2,1H3,(H2,23,25)(H,26,28)/b24-14-. The van der Waals surface area contributed by atoms with Crippen LogP contribution in [0, 0.1) is 0 Å². The van der Waals surface area contributed by atoms with Gasteiger partial charge >= 0.3 is 0 Å². The summed E-state index contributed by atoms with van der Waals surface area (Å²) in [4.78, 5) is 29.0. The van der Waals surface area contributed by atoms with Crippen molar-refractivity contribution in [1.29, 1.82) is 0 Å². The first-order valence-corrected chi connectivity index (χ1v) is 10.7. The first-order valence-electron chi connectivity index (χ1n) is 9.84. The third-order valence-corrected chi connectivity index (χ3v) is 5.27. The zero-order valence-corrected chi connectivity index (χ0v) is 17.6. The number of amides is 1. The predicted molar refractivity (Wildman–Crippen MR) is 120 cm³/mol. The number of nitrogens with one attached hydrogen (secondary N) is 1. The molecule has 0 spiro atoms. The number of Topliss-reactive ketones (excluding diaryl/α,β-unsaturated/α-hetero) is 1. The highest BCUT2D eigenvalue weighted by atomic mass is 32.1. The molecule has 0 fully saturated rings. The second kappa shape index (κ2) is 10.5. The van der Waals surface area contributed by atoms with Crippen molar-refractivity contribution in [3.05, 3.63) is 53.6 Å². The molecule has 0 unspecified atom stereocenters. The number of nitrogens with zero attached hydrogens (tertiary/aromatic N) is 2. The van der Waals surface area contributed by atoms with Crippen LogP contribution in [0.2, 0.25) is 0 Å². The number of carbonyl (C=O) groups is 2. The van der Waals surface area contributed by atoms with Gasteiger partial charge < -0.3 is 10.5 Å². The van der Waals surface area contributed by atoms with Gasteiger partial charge in [-0.15, -0.1) is 0 Å². The van der Waals surface area contributed by atoms with Crippen LogP contribution in [0.3, 0.4) is 0 Å². The number of thiazole rings is 1. The van der Waals surface area contributed by atoms with Crippen molar-refractivity contribution < 1.29 is 14.3 Å². The highest BCUT2D eigenvalue weighted by Crippen LogP contribution is 2.24. The Morgan fingerprint density at radius 1 is 1.20 bits per heavy atom. The van der Waals surface area contributed by atoms with E-state index in [2.05, 4.69) is 22.4 Å². The van der Waals surface area contributed by atoms with Crippen molar-refractivity contribution in [3.8, 4) is 5.75 Å². The van der Waals surface area contributed by atoms with E-state index in [0.717, 1.165) is 35.7 Å². The first kappa shape index (κ1) is 21.4. The van der Waals surface area contributed by atoms with Gasteiger partial charge in [-0.1, -0.05) is 49.7 Å². The summed E-state index contributed by atoms with van der Waals surface area (Å²) in [6.07, 6.45) is 5.44. The van der Waals surface area contributed by atoms with Crippen molar-refractivity contribution >= 4 is 44.6 Å². The monoisotopic (exact) mass is 424 g/mol. The van der Waals surface area contributed by atoms with Crippen LogP contribution in [-0.4, -0.2) is 29.5 Å². The number of hydrogen-bond acceptors (Lipinski definition) is 7. The summed E-state index contributed by atoms with van der Waals surface area (Å²) < 4.78 is 6.57. The molecule has 0 aliphatic heterocycles. The molecule has 0 saturated carbocycles. The van der Waals surface area contributed by atoms with Crippen LogP contribution in [0.15, 0.2) is 47.6 Å². The first-order chi connectivity index (χ1) is 14.6. The molecule has 3 N–H and O–H groups in total. The SMILES string of the molecule is CCCCCCOc1ccccc1C(=O)/C=N\NC(=O)c1ccc2nc(N)sc2c1. The molecule has 0 radical (unpaired) electrons. The maximum absolute atomic E-state index is 12.5. The van der Waals surface area contributed by atoms with E-state index >= 15 is 0 Å². The second-order valence-electron chi connectivity index (χ2n) is 6.70. The van der Waals surface area contributed by atoms with E-state index in [1.165, 1.54) is 17.8 Å². The third-order valence-electron chi connectivity index (χ3n) is 4.42. The minimum atomic E-state index is -0.423. The molecule has 0 saturated heterocycles. The number of unbranched alkanes of at least 4 members (excludes halogenated alkanes) is 3. The van der Waals surface area contributed by atoms with Crippen LogP contribution >= 0.6 is 11.3 Å². The molecule has 7 nitrogen and oxygen atoms in total. The van der Waals surface area contributed by atoms with E-state index in [1.807, 2.05) is 6.07 Å². The number of hydrazone groups is 1. The Labute approximate surface area is 179 Å². The molecule has 0 bridgehead atoms. The summed E-state index contributed by atoms with van der Waals surface area (Å²) in [6.45, 7) is 2.71. The van der Waals surface area contributed by atoms with Gasteiger partial charge in [0, 0.05) is 5.56 Å². The number of ketones is 1. The Bertz CT molecular complexity index is 1060. The number of hydrogen-bond donors (Lipinski definition) is 2. The molecule has 0 aliphatic carbocycles. The molecule has 0 atom stereocenters. The van der Waals surface area contributed by atoms with Crippen molar-refractivity contribution in [3.63, 3.8) is 0 Å². The topological polar surface area (TPSA) is 107 Å². The number of nitrogen functional groups attached to an aromatic ring is 1. The predicted octanol–water partition coefficient (Wildman–Crippen LogP) is 4.44. The lowest BCUT2D eigenvalue weighted by atomic mass is 10.1. The van der Waals surface area contributed by atoms with E-state index in [9.17, 15) is 9.59 Å². The second-order valence-corrected chi connectivity index (χ2v) is 7.77. The van der Waals surface area contributed by atoms with E-state index in [4.69, 9.17) is 10.5 Å². The summed E-state index contributed by atoms with van der Waals surface area (Å²) in [6, 6.07) is 12.1. The molecule has 3 aromatic rings. The maximum atomic E-state index is 12.5. The van der Waals surface area contributed by atoms with Crippen LogP contribution in [0.4, 0.5) is 5.13 Å². The zero-order valence-electron chi connectivity index (χ0n) is 16.8. The Balaban J connectivity index is 1.59. The van der Waals surface area contributed by atoms with Gasteiger partial charge in [-0.2, -0.15) is 5.10 Å². The Morgan fingerprint density at radius 2 is 2.03 bits per heavy atom. The van der Waals surface area contributed by atoms with E-state index in [-0.39, 0.29) is 5.78 Å². The summed E-state index contributed by atoms with van der Waals surface area (Å²) in [5, 5.41) is 4.25. The average Bonchev–Trinajstić information content (AvgIpc) is 3.13. The van der Waals surface area contributed by atoms with Gasteiger partial charge in [-0.25, -0.2) is 10.4 Å². The van der Waals surface area contributed by atoms with Crippen LogP contribution in [0.25, 0.3) is 10.2 Å². The van der Waals surface area contributed by atoms with Crippen LogP contribution < -0.4 is 15.9 Å². The van der Waals surface area contributed by atoms with Gasteiger partial charge in [0.2, 0.25) is 5.78 Å². The zero-order chi connectivity index (χ0) is 21.3. The lowest BCUT2D eigenvalue weighted by molar-refractivity contribution is 0.0955. The Hall–Kier alpha value is -3.26. The molecule has 3 rings (SSSR count). The highest BCUT2D eigenvalue weighted by Gasteiger charge is 2.11. The van der Waals surface area contributed by atoms with Crippen molar-refractivity contribution in [2.24, 2.45) is 5.10 Å². The number of carbonyl (C=O) groups excluding carboxylic acids is 2. The van der Waals surface area contributed by atoms with Gasteiger partial charge in [0.05, 0.1) is 28.6 Å². The molecular weight excluding hydrogens is 400 g/mol. The normalized spacial score (nSPS) is 11.1. The summed E-state index contributed by atoms with van der Waals surface area (Å²) in [5.41, 5.74) is 9.62. The van der Waals surface area contributed by atoms with Crippen molar-refractivity contribution in [2.75, 3.05) is 12.3 Å². The van der Waals surface area contributed by atoms with E-state index < -0.39 is 5.91 Å². The fourth-order valence-electron chi connectivity index (χ4n) is 2.87. The fraction of sp³-hybridized carbons (Fsp3) is 0.273. The molecule has 0 aliphatic rings. The third kappa shape index (κ3) is 5.64. The minimum Gasteiger partial charge on any atom is -0.493 e. The number of para-hydroxylation sites is 1. The van der Waals surface area contributed by atoms with Gasteiger partial charge in [0.25, 0.3) is 5.91 Å². The van der Waals surface area contributed by atoms with Crippen molar-refractivity contribution in [1.82, 2.24) is 10.4 Å². The van der Waals surface area contributed by atoms with Crippen LogP contribution in [0.5, 0.6) is 5.75 Å². The van der Waals surface area contributed by atoms with Gasteiger partial charge in [0.15, 0.2) is 5.13 Å². The molecule has 1 aromatic heterocycles. The van der Waals surface area contributed by atoms with Gasteiger partial charge in [0.1, 0.15) is 5.75 Å². The number of benzene rings is 2. The van der Waals surface area contributed by atoms with Gasteiger partial charge in [-0.3, -0.25) is 9.59 Å². The molecule has 1 amide bonds. The van der Waals surface area contributed by atoms with E-state index in [1.54, 1.807) is 36.4 Å². The van der Waals surface area contributed by atoms with Gasteiger partial charge in [-0.05, 0) is 36.8 Å². The molecule has 30 heavy (non-hydrogen) atoms. The molecule has 8 heteroatoms. The molecular formula is C22H24N4O3S. The number of fused-ring (bicyclic) bond motifs is 1. The smallest absolute Gasteiger partial charge is 0.271 e. The Kier molecular flexibility index (Phi) is 7.51. The summed E-state index contributed by atoms with van der Waals surface area (Å²) in [7, 11) is 0. The van der Waals surface area contributed by atoms with Crippen LogP contribution in [0.1, 0.15) is 53.3 Å². The maximum Gasteiger partial charge on any atom is 0.271 e. The highest BCUT2D eigenvalue weighted by molar-refractivity contribution is 7.22. The van der Waals surface area contributed by atoms with Crippen molar-refractivity contribution in [2.45, 2.75) is 32.6 Å². The quantitative estimate of drug-likeness (QED) is 0.217. The number of ether oxygens (including phenoxy) is 1. The largest absolute Gasteiger partial charge is 0.493 e. The summed E-state index contributed by atoms with van der Waals surface area (Å²) >= 11 is 1.30. The average molecular weight is 425 g/mol. The Morgan fingerprint density at radius 3 is 2.87 bits per heavy atom. The number of nitrogens with two attached hydrogens (primary N) is 1.